The van der Waals surface area contributed by atoms with Crippen molar-refractivity contribution in [3.63, 3.8) is 0 Å². The Balaban J connectivity index is 1.75. The molecule has 2 atom stereocenters. The molecule has 5 nitrogen and oxygen atoms in total. The molecule has 1 aromatic carbocycles. The quantitative estimate of drug-likeness (QED) is 0.754. The molecular formula is C17H26N2O3. The Hall–Kier alpha value is -1.59. The van der Waals surface area contributed by atoms with Gasteiger partial charge in [-0.25, -0.2) is 0 Å². The Morgan fingerprint density at radius 3 is 2.73 bits per heavy atom. The number of benzene rings is 1. The van der Waals surface area contributed by atoms with E-state index in [-0.39, 0.29) is 17.9 Å². The van der Waals surface area contributed by atoms with Crippen LogP contribution in [0.15, 0.2) is 24.3 Å². The fraction of sp³-hybridized carbons (Fsp3) is 0.588. The van der Waals surface area contributed by atoms with Gasteiger partial charge in [-0.05, 0) is 37.0 Å². The van der Waals surface area contributed by atoms with Crippen LogP contribution in [0.25, 0.3) is 0 Å². The lowest BCUT2D eigenvalue weighted by Gasteiger charge is -2.25. The van der Waals surface area contributed by atoms with Gasteiger partial charge < -0.3 is 20.5 Å². The first-order valence-electron chi connectivity index (χ1n) is 7.93. The fourth-order valence-electron chi connectivity index (χ4n) is 2.75. The van der Waals surface area contributed by atoms with E-state index in [2.05, 4.69) is 5.32 Å². The molecule has 1 fully saturated rings. The van der Waals surface area contributed by atoms with E-state index in [1.807, 2.05) is 24.3 Å². The predicted octanol–water partition coefficient (Wildman–Crippen LogP) is 1.85. The van der Waals surface area contributed by atoms with Crippen molar-refractivity contribution in [3.8, 4) is 5.75 Å². The lowest BCUT2D eigenvalue weighted by Crippen LogP contribution is -2.37. The van der Waals surface area contributed by atoms with Gasteiger partial charge in [-0.15, -0.1) is 0 Å². The molecule has 0 spiro atoms. The number of amides is 1. The monoisotopic (exact) mass is 306 g/mol. The molecule has 1 aromatic rings. The van der Waals surface area contributed by atoms with Gasteiger partial charge in [-0.1, -0.05) is 18.6 Å². The Morgan fingerprint density at radius 2 is 2.05 bits per heavy atom. The van der Waals surface area contributed by atoms with Gasteiger partial charge in [0.25, 0.3) is 0 Å². The van der Waals surface area contributed by atoms with Crippen LogP contribution >= 0.6 is 0 Å². The van der Waals surface area contributed by atoms with Gasteiger partial charge >= 0.3 is 0 Å². The molecule has 1 saturated carbocycles. The zero-order valence-corrected chi connectivity index (χ0v) is 13.2. The Morgan fingerprint density at radius 1 is 1.27 bits per heavy atom. The first kappa shape index (κ1) is 16.8. The minimum absolute atomic E-state index is 0.0698. The van der Waals surface area contributed by atoms with Crippen LogP contribution in [0.3, 0.4) is 0 Å². The molecule has 3 N–H and O–H groups in total. The molecule has 1 aliphatic rings. The standard InChI is InChI=1S/C17H26N2O3/c1-21-9-10-22-16-7-5-13(6-8-16)12-19-17(20)14-3-2-4-15(18)11-14/h5-8,14-15H,2-4,9-12,18H2,1H3,(H,19,20). The van der Waals surface area contributed by atoms with E-state index in [0.29, 0.717) is 19.8 Å². The molecule has 2 rings (SSSR count). The van der Waals surface area contributed by atoms with Crippen molar-refractivity contribution in [3.05, 3.63) is 29.8 Å². The second-order valence-corrected chi connectivity index (χ2v) is 5.83. The number of hydrogen-bond acceptors (Lipinski definition) is 4. The van der Waals surface area contributed by atoms with Crippen molar-refractivity contribution >= 4 is 5.91 Å². The van der Waals surface area contributed by atoms with Crippen LogP contribution in [0.5, 0.6) is 5.75 Å². The van der Waals surface area contributed by atoms with E-state index >= 15 is 0 Å². The van der Waals surface area contributed by atoms with E-state index in [0.717, 1.165) is 37.0 Å². The van der Waals surface area contributed by atoms with Crippen molar-refractivity contribution in [1.82, 2.24) is 5.32 Å². The van der Waals surface area contributed by atoms with Crippen molar-refractivity contribution in [1.29, 1.82) is 0 Å². The van der Waals surface area contributed by atoms with Gasteiger partial charge in [-0.3, -0.25) is 4.79 Å². The first-order chi connectivity index (χ1) is 10.7. The number of rotatable bonds is 7. The summed E-state index contributed by atoms with van der Waals surface area (Å²) < 4.78 is 10.4. The summed E-state index contributed by atoms with van der Waals surface area (Å²) in [6.45, 7) is 1.65. The smallest absolute Gasteiger partial charge is 0.223 e. The average Bonchev–Trinajstić information content (AvgIpc) is 2.54. The van der Waals surface area contributed by atoms with Crippen LogP contribution in [0.1, 0.15) is 31.2 Å². The third-order valence-corrected chi connectivity index (χ3v) is 4.03. The number of ether oxygens (including phenoxy) is 2. The molecule has 0 radical (unpaired) electrons. The first-order valence-corrected chi connectivity index (χ1v) is 7.93. The third kappa shape index (κ3) is 5.31. The van der Waals surface area contributed by atoms with Gasteiger partial charge in [0.2, 0.25) is 5.91 Å². The lowest BCUT2D eigenvalue weighted by molar-refractivity contribution is -0.126. The maximum atomic E-state index is 12.2. The van der Waals surface area contributed by atoms with Gasteiger partial charge in [0.15, 0.2) is 0 Å². The summed E-state index contributed by atoms with van der Waals surface area (Å²) in [6, 6.07) is 7.93. The number of methoxy groups -OCH3 is 1. The summed E-state index contributed by atoms with van der Waals surface area (Å²) in [5.41, 5.74) is 7.00. The second kappa shape index (κ2) is 8.76. The third-order valence-electron chi connectivity index (χ3n) is 4.03. The number of carbonyl (C=O) groups excluding carboxylic acids is 1. The van der Waals surface area contributed by atoms with Crippen molar-refractivity contribution < 1.29 is 14.3 Å². The summed E-state index contributed by atoms with van der Waals surface area (Å²) in [4.78, 5) is 12.2. The highest BCUT2D eigenvalue weighted by atomic mass is 16.5. The molecule has 1 amide bonds. The molecule has 2 unspecified atom stereocenters. The van der Waals surface area contributed by atoms with Crippen molar-refractivity contribution in [2.75, 3.05) is 20.3 Å². The van der Waals surface area contributed by atoms with Crippen LogP contribution in [-0.2, 0) is 16.1 Å². The Kier molecular flexibility index (Phi) is 6.68. The molecule has 0 heterocycles. The maximum absolute atomic E-state index is 12.2. The van der Waals surface area contributed by atoms with E-state index in [1.54, 1.807) is 7.11 Å². The molecule has 5 heteroatoms. The van der Waals surface area contributed by atoms with E-state index in [4.69, 9.17) is 15.2 Å². The fourth-order valence-corrected chi connectivity index (χ4v) is 2.75. The molecule has 1 aliphatic carbocycles. The maximum Gasteiger partial charge on any atom is 0.223 e. The lowest BCUT2D eigenvalue weighted by atomic mass is 9.85. The van der Waals surface area contributed by atoms with Crippen LogP contribution < -0.4 is 15.8 Å². The Labute approximate surface area is 132 Å². The molecule has 0 aromatic heterocycles. The summed E-state index contributed by atoms with van der Waals surface area (Å²) in [5.74, 6) is 1.00. The van der Waals surface area contributed by atoms with E-state index in [1.165, 1.54) is 0 Å². The molecule has 0 saturated heterocycles. The van der Waals surface area contributed by atoms with Gasteiger partial charge in [0.1, 0.15) is 12.4 Å². The SMILES string of the molecule is COCCOc1ccc(CNC(=O)C2CCCC(N)C2)cc1. The summed E-state index contributed by atoms with van der Waals surface area (Å²) >= 11 is 0. The number of nitrogens with two attached hydrogens (primary N) is 1. The number of nitrogens with one attached hydrogen (secondary N) is 1. The highest BCUT2D eigenvalue weighted by Crippen LogP contribution is 2.23. The molecule has 122 valence electrons. The van der Waals surface area contributed by atoms with Crippen LogP contribution in [-0.4, -0.2) is 32.3 Å². The second-order valence-electron chi connectivity index (χ2n) is 5.83. The molecule has 22 heavy (non-hydrogen) atoms. The zero-order chi connectivity index (χ0) is 15.8. The van der Waals surface area contributed by atoms with E-state index < -0.39 is 0 Å². The van der Waals surface area contributed by atoms with Crippen molar-refractivity contribution in [2.45, 2.75) is 38.3 Å². The van der Waals surface area contributed by atoms with Gasteiger partial charge in [-0.2, -0.15) is 0 Å². The van der Waals surface area contributed by atoms with Crippen LogP contribution in [0.2, 0.25) is 0 Å². The zero-order valence-electron chi connectivity index (χ0n) is 13.2. The molecular weight excluding hydrogens is 280 g/mol. The van der Waals surface area contributed by atoms with Gasteiger partial charge in [0.05, 0.1) is 6.61 Å². The number of hydrogen-bond donors (Lipinski definition) is 2. The Bertz CT molecular complexity index is 461. The predicted molar refractivity (Wildman–Crippen MR) is 85.6 cm³/mol. The topological polar surface area (TPSA) is 73.6 Å². The molecule has 0 bridgehead atoms. The molecule has 0 aliphatic heterocycles. The minimum atomic E-state index is 0.0698. The summed E-state index contributed by atoms with van der Waals surface area (Å²) in [7, 11) is 1.65. The van der Waals surface area contributed by atoms with Crippen LogP contribution in [0.4, 0.5) is 0 Å². The van der Waals surface area contributed by atoms with E-state index in [9.17, 15) is 4.79 Å². The largest absolute Gasteiger partial charge is 0.491 e. The average molecular weight is 306 g/mol. The highest BCUT2D eigenvalue weighted by Gasteiger charge is 2.24. The van der Waals surface area contributed by atoms with Gasteiger partial charge in [0, 0.05) is 25.6 Å². The summed E-state index contributed by atoms with van der Waals surface area (Å²) in [6.07, 6.45) is 3.84. The summed E-state index contributed by atoms with van der Waals surface area (Å²) in [5, 5.41) is 3.01. The highest BCUT2D eigenvalue weighted by molar-refractivity contribution is 5.78. The van der Waals surface area contributed by atoms with Crippen LogP contribution in [0, 0.1) is 5.92 Å². The minimum Gasteiger partial charge on any atom is -0.491 e. The van der Waals surface area contributed by atoms with Crippen molar-refractivity contribution in [2.24, 2.45) is 11.7 Å². The number of carbonyl (C=O) groups is 1. The normalized spacial score (nSPS) is 21.4.